The molecule has 4 rings (SSSR count). The standard InChI is InChI=1S/C21H13F5N2O2/c1-30-11-8-6-10(7-9-11)28-20(27-13-5-3-2-4-12(13)21(28)29)14-15(22)17(24)19(26)18(25)16(14)23/h2-9,20,27H,1H3/t20-/m1/s1. The minimum Gasteiger partial charge on any atom is -0.497 e. The first-order valence-corrected chi connectivity index (χ1v) is 8.69. The summed E-state index contributed by atoms with van der Waals surface area (Å²) in [6.07, 6.45) is -1.69. The van der Waals surface area contributed by atoms with Crippen LogP contribution in [0.2, 0.25) is 0 Å². The lowest BCUT2D eigenvalue weighted by Crippen LogP contribution is -2.44. The van der Waals surface area contributed by atoms with Crippen molar-refractivity contribution in [3.63, 3.8) is 0 Å². The molecule has 0 saturated carbocycles. The van der Waals surface area contributed by atoms with E-state index in [4.69, 9.17) is 4.74 Å². The van der Waals surface area contributed by atoms with Crippen LogP contribution < -0.4 is 15.0 Å². The zero-order chi connectivity index (χ0) is 21.6. The number of halogens is 5. The van der Waals surface area contributed by atoms with Crippen LogP contribution in [0, 0.1) is 29.1 Å². The molecule has 0 radical (unpaired) electrons. The highest BCUT2D eigenvalue weighted by Gasteiger charge is 2.40. The Morgan fingerprint density at radius 1 is 0.833 bits per heavy atom. The second-order valence-electron chi connectivity index (χ2n) is 6.45. The number of methoxy groups -OCH3 is 1. The van der Waals surface area contributed by atoms with Gasteiger partial charge in [0.15, 0.2) is 23.3 Å². The molecule has 0 saturated heterocycles. The number of ether oxygens (including phenoxy) is 1. The lowest BCUT2D eigenvalue weighted by atomic mass is 10.0. The summed E-state index contributed by atoms with van der Waals surface area (Å²) in [4.78, 5) is 14.1. The predicted octanol–water partition coefficient (Wildman–Crippen LogP) is 5.16. The van der Waals surface area contributed by atoms with Crippen LogP contribution in [-0.2, 0) is 0 Å². The Hall–Kier alpha value is -3.62. The fourth-order valence-corrected chi connectivity index (χ4v) is 3.33. The van der Waals surface area contributed by atoms with E-state index in [-0.39, 0.29) is 16.9 Å². The molecule has 1 heterocycles. The molecular formula is C21H13F5N2O2. The van der Waals surface area contributed by atoms with E-state index in [1.165, 1.54) is 43.5 Å². The largest absolute Gasteiger partial charge is 0.497 e. The maximum Gasteiger partial charge on any atom is 0.262 e. The number of rotatable bonds is 3. The highest BCUT2D eigenvalue weighted by atomic mass is 19.2. The molecule has 1 amide bonds. The molecule has 0 bridgehead atoms. The van der Waals surface area contributed by atoms with Gasteiger partial charge in [0.2, 0.25) is 5.82 Å². The van der Waals surface area contributed by atoms with Crippen molar-refractivity contribution in [1.29, 1.82) is 0 Å². The van der Waals surface area contributed by atoms with Gasteiger partial charge in [0.1, 0.15) is 11.9 Å². The third-order valence-electron chi connectivity index (χ3n) is 4.79. The van der Waals surface area contributed by atoms with Gasteiger partial charge >= 0.3 is 0 Å². The van der Waals surface area contributed by atoms with Gasteiger partial charge in [0.25, 0.3) is 5.91 Å². The van der Waals surface area contributed by atoms with Crippen molar-refractivity contribution in [3.8, 4) is 5.75 Å². The average Bonchev–Trinajstić information content (AvgIpc) is 2.77. The molecule has 9 heteroatoms. The summed E-state index contributed by atoms with van der Waals surface area (Å²) in [7, 11) is 1.43. The van der Waals surface area contributed by atoms with Gasteiger partial charge in [0.05, 0.1) is 18.2 Å². The van der Waals surface area contributed by atoms with Crippen LogP contribution in [0.15, 0.2) is 48.5 Å². The normalized spacial score (nSPS) is 15.6. The minimum atomic E-state index is -2.27. The summed E-state index contributed by atoms with van der Waals surface area (Å²) < 4.78 is 75.5. The smallest absolute Gasteiger partial charge is 0.262 e. The van der Waals surface area contributed by atoms with Crippen LogP contribution in [0.1, 0.15) is 22.1 Å². The van der Waals surface area contributed by atoms with Gasteiger partial charge in [-0.05, 0) is 36.4 Å². The van der Waals surface area contributed by atoms with Gasteiger partial charge in [0, 0.05) is 11.4 Å². The van der Waals surface area contributed by atoms with Crippen molar-refractivity contribution in [2.75, 3.05) is 17.3 Å². The second kappa shape index (κ2) is 7.33. The van der Waals surface area contributed by atoms with E-state index < -0.39 is 46.7 Å². The molecule has 1 aliphatic heterocycles. The molecule has 0 spiro atoms. The summed E-state index contributed by atoms with van der Waals surface area (Å²) in [5.41, 5.74) is -0.628. The Morgan fingerprint density at radius 2 is 1.40 bits per heavy atom. The van der Waals surface area contributed by atoms with Crippen molar-refractivity contribution < 1.29 is 31.5 Å². The van der Waals surface area contributed by atoms with Crippen LogP contribution in [0.4, 0.5) is 33.3 Å². The van der Waals surface area contributed by atoms with E-state index in [2.05, 4.69) is 5.32 Å². The van der Waals surface area contributed by atoms with E-state index in [0.717, 1.165) is 4.90 Å². The molecule has 154 valence electrons. The van der Waals surface area contributed by atoms with Crippen molar-refractivity contribution in [2.24, 2.45) is 0 Å². The minimum absolute atomic E-state index is 0.164. The average molecular weight is 420 g/mol. The predicted molar refractivity (Wildman–Crippen MR) is 98.8 cm³/mol. The van der Waals surface area contributed by atoms with Gasteiger partial charge in [-0.25, -0.2) is 22.0 Å². The monoisotopic (exact) mass is 420 g/mol. The maximum absolute atomic E-state index is 14.6. The van der Waals surface area contributed by atoms with E-state index in [1.54, 1.807) is 12.1 Å². The molecule has 0 unspecified atom stereocenters. The lowest BCUT2D eigenvalue weighted by molar-refractivity contribution is 0.0973. The first kappa shape index (κ1) is 19.7. The number of carbonyl (C=O) groups excluding carboxylic acids is 1. The lowest BCUT2D eigenvalue weighted by Gasteiger charge is -2.38. The topological polar surface area (TPSA) is 41.6 Å². The molecule has 1 aliphatic rings. The molecular weight excluding hydrogens is 407 g/mol. The zero-order valence-corrected chi connectivity index (χ0v) is 15.3. The number of para-hydroxylation sites is 1. The Morgan fingerprint density at radius 3 is 2.00 bits per heavy atom. The molecule has 1 atom stereocenters. The van der Waals surface area contributed by atoms with Gasteiger partial charge in [-0.2, -0.15) is 0 Å². The first-order chi connectivity index (χ1) is 14.3. The molecule has 3 aromatic rings. The van der Waals surface area contributed by atoms with Gasteiger partial charge < -0.3 is 10.1 Å². The molecule has 0 aromatic heterocycles. The first-order valence-electron chi connectivity index (χ1n) is 8.69. The number of benzene rings is 3. The van der Waals surface area contributed by atoms with Crippen LogP contribution in [0.3, 0.4) is 0 Å². The summed E-state index contributed by atoms with van der Waals surface area (Å²) in [6, 6.07) is 12.0. The number of nitrogens with one attached hydrogen (secondary N) is 1. The highest BCUT2D eigenvalue weighted by molar-refractivity contribution is 6.12. The van der Waals surface area contributed by atoms with Crippen LogP contribution in [0.25, 0.3) is 0 Å². The van der Waals surface area contributed by atoms with Crippen molar-refractivity contribution >= 4 is 17.3 Å². The number of amides is 1. The fraction of sp³-hybridized carbons (Fsp3) is 0.0952. The number of anilines is 2. The van der Waals surface area contributed by atoms with Gasteiger partial charge in [-0.15, -0.1) is 0 Å². The third-order valence-corrected chi connectivity index (χ3v) is 4.79. The van der Waals surface area contributed by atoms with Crippen LogP contribution in [-0.4, -0.2) is 13.0 Å². The fourth-order valence-electron chi connectivity index (χ4n) is 3.33. The van der Waals surface area contributed by atoms with Gasteiger partial charge in [-0.1, -0.05) is 12.1 Å². The Bertz CT molecular complexity index is 1120. The quantitative estimate of drug-likeness (QED) is 0.362. The number of fused-ring (bicyclic) bond motifs is 1. The third kappa shape index (κ3) is 2.94. The second-order valence-corrected chi connectivity index (χ2v) is 6.45. The number of carbonyl (C=O) groups is 1. The van der Waals surface area contributed by atoms with E-state index in [0.29, 0.717) is 5.75 Å². The maximum atomic E-state index is 14.6. The van der Waals surface area contributed by atoms with E-state index in [9.17, 15) is 26.7 Å². The van der Waals surface area contributed by atoms with Crippen LogP contribution >= 0.6 is 0 Å². The summed E-state index contributed by atoms with van der Waals surface area (Å²) >= 11 is 0. The zero-order valence-electron chi connectivity index (χ0n) is 15.3. The van der Waals surface area contributed by atoms with Gasteiger partial charge in [-0.3, -0.25) is 9.69 Å². The Kier molecular flexibility index (Phi) is 4.81. The molecule has 30 heavy (non-hydrogen) atoms. The highest BCUT2D eigenvalue weighted by Crippen LogP contribution is 2.40. The van der Waals surface area contributed by atoms with Crippen molar-refractivity contribution in [2.45, 2.75) is 6.17 Å². The summed E-state index contributed by atoms with van der Waals surface area (Å²) in [6.45, 7) is 0. The summed E-state index contributed by atoms with van der Waals surface area (Å²) in [5, 5.41) is 2.71. The summed E-state index contributed by atoms with van der Waals surface area (Å²) in [5.74, 6) is -10.7. The molecule has 1 N–H and O–H groups in total. The van der Waals surface area contributed by atoms with E-state index >= 15 is 0 Å². The van der Waals surface area contributed by atoms with E-state index in [1.807, 2.05) is 0 Å². The van der Waals surface area contributed by atoms with Crippen LogP contribution in [0.5, 0.6) is 5.75 Å². The molecule has 0 fully saturated rings. The molecule has 0 aliphatic carbocycles. The van der Waals surface area contributed by atoms with Crippen molar-refractivity contribution in [1.82, 2.24) is 0 Å². The SMILES string of the molecule is COc1ccc(N2C(=O)c3ccccc3N[C@H]2c2c(F)c(F)c(F)c(F)c2F)cc1. The Labute approximate surface area is 167 Å². The molecule has 4 nitrogen and oxygen atoms in total. The molecule has 3 aromatic carbocycles. The number of hydrogen-bond acceptors (Lipinski definition) is 3. The number of hydrogen-bond donors (Lipinski definition) is 1. The number of nitrogens with zero attached hydrogens (tertiary/aromatic N) is 1. The Balaban J connectivity index is 1.95. The van der Waals surface area contributed by atoms with Crippen molar-refractivity contribution in [3.05, 3.63) is 88.7 Å².